The number of rotatable bonds is 4. The van der Waals surface area contributed by atoms with Crippen molar-refractivity contribution in [1.82, 2.24) is 39.9 Å². The largest absolute Gasteiger partial charge is 0.341 e. The van der Waals surface area contributed by atoms with Gasteiger partial charge in [0.15, 0.2) is 17.5 Å². The standard InChI is InChI=1S/C23H25N9/c1-3-18-22-30-26-13-31(22)20-14(2)27-21(28-23(20)32(18)15-8-4-5-9-15)16-12-25-29-19(16)17-10-6-7-11-24-17/h6-7,10-13,15,18H,3-5,8-9H2,1-2H3,(H,25,29)/t18-/m1/s1. The van der Waals surface area contributed by atoms with Crippen LogP contribution in [0.2, 0.25) is 0 Å². The number of aromatic amines is 1. The summed E-state index contributed by atoms with van der Waals surface area (Å²) in [5.74, 6) is 2.60. The van der Waals surface area contributed by atoms with Crippen molar-refractivity contribution in [3.8, 4) is 28.5 Å². The van der Waals surface area contributed by atoms with Crippen LogP contribution in [0.25, 0.3) is 28.5 Å². The van der Waals surface area contributed by atoms with Gasteiger partial charge in [-0.2, -0.15) is 5.10 Å². The zero-order valence-electron chi connectivity index (χ0n) is 18.2. The van der Waals surface area contributed by atoms with Gasteiger partial charge in [-0.25, -0.2) is 9.97 Å². The Labute approximate surface area is 186 Å². The van der Waals surface area contributed by atoms with Crippen molar-refractivity contribution in [3.63, 3.8) is 0 Å². The third-order valence-corrected chi connectivity index (χ3v) is 6.64. The molecule has 0 unspecified atom stereocenters. The van der Waals surface area contributed by atoms with E-state index in [0.29, 0.717) is 11.9 Å². The van der Waals surface area contributed by atoms with Crippen LogP contribution in [0.5, 0.6) is 0 Å². The Kier molecular flexibility index (Phi) is 4.48. The SMILES string of the molecule is CC[C@@H]1c2nncn2-c2c(C)nc(-c3cn[nH]c3-c3ccccn3)nc2N1C1CCCC1. The van der Waals surface area contributed by atoms with Gasteiger partial charge in [0.2, 0.25) is 0 Å². The summed E-state index contributed by atoms with van der Waals surface area (Å²) in [5.41, 5.74) is 4.37. The van der Waals surface area contributed by atoms with Crippen molar-refractivity contribution in [2.24, 2.45) is 0 Å². The average molecular weight is 428 g/mol. The second kappa shape index (κ2) is 7.51. The lowest BCUT2D eigenvalue weighted by atomic mass is 10.0. The number of aryl methyl sites for hydroxylation is 1. The number of nitrogens with zero attached hydrogens (tertiary/aromatic N) is 8. The van der Waals surface area contributed by atoms with Crippen molar-refractivity contribution in [1.29, 1.82) is 0 Å². The first kappa shape index (κ1) is 19.1. The predicted octanol–water partition coefficient (Wildman–Crippen LogP) is 4.03. The molecule has 2 aliphatic rings. The Morgan fingerprint density at radius 2 is 2.03 bits per heavy atom. The molecule has 1 saturated carbocycles. The maximum absolute atomic E-state index is 5.16. The monoisotopic (exact) mass is 427 g/mol. The van der Waals surface area contributed by atoms with Crippen molar-refractivity contribution in [2.75, 3.05) is 4.90 Å². The van der Waals surface area contributed by atoms with Crippen LogP contribution in [0.1, 0.15) is 56.6 Å². The lowest BCUT2D eigenvalue weighted by Gasteiger charge is -2.41. The fourth-order valence-corrected chi connectivity index (χ4v) is 5.20. The molecule has 0 radical (unpaired) electrons. The van der Waals surface area contributed by atoms with Crippen LogP contribution in [0.3, 0.4) is 0 Å². The lowest BCUT2D eigenvalue weighted by molar-refractivity contribution is 0.468. The summed E-state index contributed by atoms with van der Waals surface area (Å²) in [6.07, 6.45) is 11.1. The molecule has 32 heavy (non-hydrogen) atoms. The maximum Gasteiger partial charge on any atom is 0.165 e. The van der Waals surface area contributed by atoms with Gasteiger partial charge in [-0.3, -0.25) is 14.6 Å². The van der Waals surface area contributed by atoms with E-state index in [1.165, 1.54) is 25.7 Å². The van der Waals surface area contributed by atoms with Crippen LogP contribution >= 0.6 is 0 Å². The molecular weight excluding hydrogens is 402 g/mol. The Morgan fingerprint density at radius 3 is 2.81 bits per heavy atom. The number of fused-ring (bicyclic) bond motifs is 3. The summed E-state index contributed by atoms with van der Waals surface area (Å²) in [7, 11) is 0. The number of nitrogens with one attached hydrogen (secondary N) is 1. The summed E-state index contributed by atoms with van der Waals surface area (Å²) in [4.78, 5) is 17.0. The molecule has 0 amide bonds. The van der Waals surface area contributed by atoms with Gasteiger partial charge in [-0.05, 0) is 38.3 Å². The second-order valence-electron chi connectivity index (χ2n) is 8.51. The molecule has 0 saturated heterocycles. The van der Waals surface area contributed by atoms with Gasteiger partial charge in [0.25, 0.3) is 0 Å². The van der Waals surface area contributed by atoms with Crippen LogP contribution in [0.4, 0.5) is 5.82 Å². The summed E-state index contributed by atoms with van der Waals surface area (Å²) >= 11 is 0. The molecule has 0 aromatic carbocycles. The average Bonchev–Trinajstić information content (AvgIpc) is 3.59. The number of pyridine rings is 1. The van der Waals surface area contributed by atoms with Gasteiger partial charge < -0.3 is 4.90 Å². The van der Waals surface area contributed by atoms with Gasteiger partial charge in [0.05, 0.1) is 34.9 Å². The zero-order valence-corrected chi connectivity index (χ0v) is 18.2. The molecule has 1 fully saturated rings. The molecule has 6 rings (SSSR count). The summed E-state index contributed by atoms with van der Waals surface area (Å²) in [6, 6.07) is 6.43. The first-order valence-corrected chi connectivity index (χ1v) is 11.3. The van der Waals surface area contributed by atoms with Crippen LogP contribution < -0.4 is 4.90 Å². The highest BCUT2D eigenvalue weighted by Crippen LogP contribution is 2.44. The Bertz CT molecular complexity index is 1250. The van der Waals surface area contributed by atoms with Crippen LogP contribution in [0.15, 0.2) is 36.9 Å². The smallest absolute Gasteiger partial charge is 0.165 e. The third kappa shape index (κ3) is 2.84. The molecule has 1 atom stereocenters. The van der Waals surface area contributed by atoms with Gasteiger partial charge in [-0.1, -0.05) is 25.8 Å². The van der Waals surface area contributed by atoms with Crippen molar-refractivity contribution < 1.29 is 0 Å². The van der Waals surface area contributed by atoms with E-state index < -0.39 is 0 Å². The Hall–Kier alpha value is -3.62. The van der Waals surface area contributed by atoms with Crippen LogP contribution in [0, 0.1) is 6.92 Å². The first-order valence-electron chi connectivity index (χ1n) is 11.3. The summed E-state index contributed by atoms with van der Waals surface area (Å²) in [5, 5.41) is 16.1. The van der Waals surface area contributed by atoms with E-state index in [4.69, 9.17) is 9.97 Å². The summed E-state index contributed by atoms with van der Waals surface area (Å²) in [6.45, 7) is 4.24. The lowest BCUT2D eigenvalue weighted by Crippen LogP contribution is -2.42. The number of hydrogen-bond donors (Lipinski definition) is 1. The third-order valence-electron chi connectivity index (χ3n) is 6.64. The van der Waals surface area contributed by atoms with Crippen LogP contribution in [-0.4, -0.2) is 46.0 Å². The topological polar surface area (TPSA) is 101 Å². The van der Waals surface area contributed by atoms with E-state index in [2.05, 4.69) is 41.8 Å². The molecule has 4 aromatic rings. The molecule has 4 aromatic heterocycles. The molecule has 9 nitrogen and oxygen atoms in total. The number of aromatic nitrogens is 8. The number of H-pyrrole nitrogens is 1. The molecule has 162 valence electrons. The molecule has 1 N–H and O–H groups in total. The minimum absolute atomic E-state index is 0.148. The molecule has 1 aliphatic heterocycles. The van der Waals surface area contributed by atoms with E-state index in [1.54, 1.807) is 18.7 Å². The quantitative estimate of drug-likeness (QED) is 0.525. The van der Waals surface area contributed by atoms with Crippen molar-refractivity contribution in [2.45, 2.75) is 58.0 Å². The normalized spacial score (nSPS) is 18.1. The van der Waals surface area contributed by atoms with E-state index in [-0.39, 0.29) is 6.04 Å². The molecule has 5 heterocycles. The fraction of sp³-hybridized carbons (Fsp3) is 0.391. The number of hydrogen-bond acceptors (Lipinski definition) is 7. The highest BCUT2D eigenvalue weighted by atomic mass is 15.4. The minimum atomic E-state index is 0.148. The minimum Gasteiger partial charge on any atom is -0.341 e. The first-order chi connectivity index (χ1) is 15.8. The molecule has 0 bridgehead atoms. The van der Waals surface area contributed by atoms with E-state index in [0.717, 1.165) is 46.4 Å². The van der Waals surface area contributed by atoms with Crippen molar-refractivity contribution >= 4 is 5.82 Å². The molecule has 1 aliphatic carbocycles. The Morgan fingerprint density at radius 1 is 1.16 bits per heavy atom. The van der Waals surface area contributed by atoms with Crippen molar-refractivity contribution in [3.05, 3.63) is 48.4 Å². The van der Waals surface area contributed by atoms with Gasteiger partial charge in [0, 0.05) is 12.2 Å². The van der Waals surface area contributed by atoms with E-state index in [9.17, 15) is 0 Å². The van der Waals surface area contributed by atoms with E-state index in [1.807, 2.05) is 25.1 Å². The summed E-state index contributed by atoms with van der Waals surface area (Å²) < 4.78 is 2.07. The highest BCUT2D eigenvalue weighted by molar-refractivity contribution is 5.77. The Balaban J connectivity index is 1.56. The number of anilines is 1. The van der Waals surface area contributed by atoms with Crippen LogP contribution in [-0.2, 0) is 0 Å². The zero-order chi connectivity index (χ0) is 21.7. The van der Waals surface area contributed by atoms with E-state index >= 15 is 0 Å². The molecule has 9 heteroatoms. The van der Waals surface area contributed by atoms with Gasteiger partial charge >= 0.3 is 0 Å². The molecular formula is C23H25N9. The maximum atomic E-state index is 5.16. The molecule has 0 spiro atoms. The highest BCUT2D eigenvalue weighted by Gasteiger charge is 2.39. The fourth-order valence-electron chi connectivity index (χ4n) is 5.20. The van der Waals surface area contributed by atoms with Gasteiger partial charge in [-0.15, -0.1) is 10.2 Å². The van der Waals surface area contributed by atoms with Gasteiger partial charge in [0.1, 0.15) is 12.0 Å². The second-order valence-corrected chi connectivity index (χ2v) is 8.51. The predicted molar refractivity (Wildman–Crippen MR) is 120 cm³/mol.